The maximum atomic E-state index is 5.35. The van der Waals surface area contributed by atoms with Crippen LogP contribution in [-0.2, 0) is 13.0 Å². The van der Waals surface area contributed by atoms with Gasteiger partial charge >= 0.3 is 0 Å². The number of hydrogen-bond acceptors (Lipinski definition) is 4. The maximum absolute atomic E-state index is 5.35. The monoisotopic (exact) mass is 351 g/mol. The highest BCUT2D eigenvalue weighted by molar-refractivity contribution is 5.85. The third-order valence-corrected chi connectivity index (χ3v) is 4.16. The zero-order valence-electron chi connectivity index (χ0n) is 15.5. The van der Waals surface area contributed by atoms with E-state index in [2.05, 4.69) is 27.8 Å². The van der Waals surface area contributed by atoms with Gasteiger partial charge in [0.15, 0.2) is 5.96 Å². The molecule has 6 nitrogen and oxygen atoms in total. The fourth-order valence-corrected chi connectivity index (χ4v) is 2.77. The van der Waals surface area contributed by atoms with Crippen LogP contribution in [0.1, 0.15) is 11.3 Å². The Morgan fingerprint density at radius 3 is 2.73 bits per heavy atom. The van der Waals surface area contributed by atoms with E-state index in [1.165, 1.54) is 5.56 Å². The molecular weight excluding hydrogens is 326 g/mol. The molecule has 0 fully saturated rings. The van der Waals surface area contributed by atoms with Gasteiger partial charge in [0.2, 0.25) is 0 Å². The molecule has 0 aliphatic rings. The molecule has 2 aromatic heterocycles. The second-order valence-electron chi connectivity index (χ2n) is 6.23. The molecule has 0 aliphatic carbocycles. The number of furan rings is 1. The Hall–Kier alpha value is -3.02. The molecule has 0 radical (unpaired) electrons. The average Bonchev–Trinajstić information content (AvgIpc) is 3.17. The molecule has 0 spiro atoms. The topological polar surface area (TPSA) is 65.7 Å². The van der Waals surface area contributed by atoms with Gasteiger partial charge in [0.1, 0.15) is 11.6 Å². The first-order chi connectivity index (χ1) is 12.7. The van der Waals surface area contributed by atoms with Gasteiger partial charge in [-0.2, -0.15) is 0 Å². The maximum Gasteiger partial charge on any atom is 0.191 e. The summed E-state index contributed by atoms with van der Waals surface area (Å²) in [7, 11) is 5.78. The van der Waals surface area contributed by atoms with Crippen LogP contribution in [0.4, 0.5) is 5.82 Å². The van der Waals surface area contributed by atoms with E-state index in [0.29, 0.717) is 6.54 Å². The Morgan fingerprint density at radius 1 is 1.15 bits per heavy atom. The summed E-state index contributed by atoms with van der Waals surface area (Å²) in [6.07, 6.45) is 2.51. The van der Waals surface area contributed by atoms with Crippen molar-refractivity contribution >= 4 is 22.7 Å². The Balaban J connectivity index is 1.67. The lowest BCUT2D eigenvalue weighted by Crippen LogP contribution is -2.37. The first-order valence-corrected chi connectivity index (χ1v) is 8.70. The van der Waals surface area contributed by atoms with Crippen molar-refractivity contribution in [3.63, 3.8) is 0 Å². The van der Waals surface area contributed by atoms with Gasteiger partial charge in [-0.15, -0.1) is 0 Å². The van der Waals surface area contributed by atoms with Crippen molar-refractivity contribution in [2.24, 2.45) is 4.99 Å². The quantitative estimate of drug-likeness (QED) is 0.528. The molecular formula is C20H25N5O. The van der Waals surface area contributed by atoms with Crippen LogP contribution in [0.25, 0.3) is 10.9 Å². The second-order valence-corrected chi connectivity index (χ2v) is 6.23. The Labute approximate surface area is 153 Å². The van der Waals surface area contributed by atoms with E-state index in [4.69, 9.17) is 9.40 Å². The molecule has 0 saturated carbocycles. The number of aromatic nitrogens is 1. The largest absolute Gasteiger partial charge is 0.469 e. The Morgan fingerprint density at radius 2 is 2.00 bits per heavy atom. The van der Waals surface area contributed by atoms with Crippen molar-refractivity contribution in [1.82, 2.24) is 15.6 Å². The fraction of sp³-hybridized carbons (Fsp3) is 0.300. The van der Waals surface area contributed by atoms with Crippen LogP contribution in [0.5, 0.6) is 0 Å². The molecule has 3 rings (SSSR count). The van der Waals surface area contributed by atoms with Crippen LogP contribution in [0.15, 0.2) is 58.1 Å². The van der Waals surface area contributed by atoms with Crippen LogP contribution in [-0.4, -0.2) is 38.6 Å². The number of rotatable bonds is 6. The second kappa shape index (κ2) is 8.38. The minimum Gasteiger partial charge on any atom is -0.469 e. The summed E-state index contributed by atoms with van der Waals surface area (Å²) >= 11 is 0. The normalized spacial score (nSPS) is 11.6. The molecule has 0 unspecified atom stereocenters. The summed E-state index contributed by atoms with van der Waals surface area (Å²) in [6.45, 7) is 1.43. The number of nitrogens with zero attached hydrogens (tertiary/aromatic N) is 3. The number of nitrogens with one attached hydrogen (secondary N) is 2. The number of para-hydroxylation sites is 1. The molecule has 0 amide bonds. The van der Waals surface area contributed by atoms with Crippen LogP contribution < -0.4 is 15.5 Å². The highest BCUT2D eigenvalue weighted by Gasteiger charge is 2.08. The lowest BCUT2D eigenvalue weighted by atomic mass is 10.1. The molecule has 136 valence electrons. The summed E-state index contributed by atoms with van der Waals surface area (Å²) in [5, 5.41) is 7.85. The first-order valence-electron chi connectivity index (χ1n) is 8.70. The van der Waals surface area contributed by atoms with E-state index in [1.54, 1.807) is 13.3 Å². The Kier molecular flexibility index (Phi) is 5.73. The summed E-state index contributed by atoms with van der Waals surface area (Å²) in [4.78, 5) is 11.0. The van der Waals surface area contributed by atoms with E-state index in [0.717, 1.165) is 41.4 Å². The summed E-state index contributed by atoms with van der Waals surface area (Å²) in [5.74, 6) is 2.67. The van der Waals surface area contributed by atoms with Crippen LogP contribution in [0.3, 0.4) is 0 Å². The lowest BCUT2D eigenvalue weighted by molar-refractivity contribution is 0.507. The number of pyridine rings is 1. The van der Waals surface area contributed by atoms with Crippen LogP contribution in [0.2, 0.25) is 0 Å². The van der Waals surface area contributed by atoms with Crippen molar-refractivity contribution in [1.29, 1.82) is 0 Å². The minimum atomic E-state index is 0.671. The molecule has 1 aromatic carbocycles. The molecule has 0 saturated heterocycles. The van der Waals surface area contributed by atoms with Crippen molar-refractivity contribution in [2.45, 2.75) is 13.0 Å². The zero-order valence-corrected chi connectivity index (χ0v) is 15.5. The Bertz CT molecular complexity index is 871. The number of hydrogen-bond donors (Lipinski definition) is 2. The zero-order chi connectivity index (χ0) is 18.4. The van der Waals surface area contributed by atoms with Crippen molar-refractivity contribution in [2.75, 3.05) is 32.6 Å². The highest BCUT2D eigenvalue weighted by atomic mass is 16.3. The summed E-state index contributed by atoms with van der Waals surface area (Å²) in [5.41, 5.74) is 2.18. The molecule has 26 heavy (non-hydrogen) atoms. The molecule has 6 heteroatoms. The van der Waals surface area contributed by atoms with Crippen LogP contribution in [0, 0.1) is 0 Å². The summed E-state index contributed by atoms with van der Waals surface area (Å²) < 4.78 is 5.35. The molecule has 2 N–H and O–H groups in total. The number of benzene rings is 1. The first kappa shape index (κ1) is 17.8. The van der Waals surface area contributed by atoms with E-state index < -0.39 is 0 Å². The highest BCUT2D eigenvalue weighted by Crippen LogP contribution is 2.21. The van der Waals surface area contributed by atoms with Gasteiger partial charge in [0, 0.05) is 46.0 Å². The molecule has 2 heterocycles. The third kappa shape index (κ3) is 4.33. The van der Waals surface area contributed by atoms with Gasteiger partial charge in [0.25, 0.3) is 0 Å². The van der Waals surface area contributed by atoms with Crippen molar-refractivity contribution in [3.05, 3.63) is 60.1 Å². The predicted molar refractivity (Wildman–Crippen MR) is 107 cm³/mol. The molecule has 0 atom stereocenters. The smallest absolute Gasteiger partial charge is 0.191 e. The van der Waals surface area contributed by atoms with Crippen molar-refractivity contribution < 1.29 is 4.42 Å². The van der Waals surface area contributed by atoms with E-state index >= 15 is 0 Å². The van der Waals surface area contributed by atoms with Crippen LogP contribution >= 0.6 is 0 Å². The standard InChI is InChI=1S/C20H25N5O/c1-21-20(22-11-10-16-7-6-12-26-16)23-14-15-13-19(25(2)3)24-18-9-5-4-8-17(15)18/h4-9,12-13H,10-11,14H2,1-3H3,(H2,21,22,23). The van der Waals surface area contributed by atoms with Gasteiger partial charge in [-0.3, -0.25) is 4.99 Å². The van der Waals surface area contributed by atoms with Gasteiger partial charge in [-0.25, -0.2) is 4.98 Å². The molecule has 0 bridgehead atoms. The molecule has 0 aliphatic heterocycles. The van der Waals surface area contributed by atoms with Crippen molar-refractivity contribution in [3.8, 4) is 0 Å². The number of guanidine groups is 1. The number of anilines is 1. The SMILES string of the molecule is CN=C(NCCc1ccco1)NCc1cc(N(C)C)nc2ccccc12. The van der Waals surface area contributed by atoms with E-state index in [-0.39, 0.29) is 0 Å². The van der Waals surface area contributed by atoms with Gasteiger partial charge in [0.05, 0.1) is 11.8 Å². The predicted octanol–water partition coefficient (Wildman–Crippen LogP) is 2.80. The van der Waals surface area contributed by atoms with E-state index in [9.17, 15) is 0 Å². The number of aliphatic imine (C=N–C) groups is 1. The average molecular weight is 351 g/mol. The minimum absolute atomic E-state index is 0.671. The fourth-order valence-electron chi connectivity index (χ4n) is 2.77. The van der Waals surface area contributed by atoms with Gasteiger partial charge < -0.3 is 20.0 Å². The molecule has 3 aromatic rings. The lowest BCUT2D eigenvalue weighted by Gasteiger charge is -2.16. The van der Waals surface area contributed by atoms with E-state index in [1.807, 2.05) is 49.3 Å². The number of fused-ring (bicyclic) bond motifs is 1. The third-order valence-electron chi connectivity index (χ3n) is 4.16. The van der Waals surface area contributed by atoms with Gasteiger partial charge in [-0.05, 0) is 29.8 Å². The van der Waals surface area contributed by atoms with Gasteiger partial charge in [-0.1, -0.05) is 18.2 Å². The summed E-state index contributed by atoms with van der Waals surface area (Å²) in [6, 6.07) is 14.2.